The minimum absolute atomic E-state index is 0.0988. The summed E-state index contributed by atoms with van der Waals surface area (Å²) in [6, 6.07) is 11.8. The molecule has 1 aliphatic heterocycles. The Hall–Kier alpha value is -3.04. The van der Waals surface area contributed by atoms with Gasteiger partial charge in [0, 0.05) is 22.6 Å². The number of anilines is 1. The van der Waals surface area contributed by atoms with Crippen LogP contribution in [0.2, 0.25) is 0 Å². The molecule has 1 aromatic heterocycles. The molecule has 33 heavy (non-hydrogen) atoms. The van der Waals surface area contributed by atoms with Gasteiger partial charge in [0.05, 0.1) is 30.9 Å². The van der Waals surface area contributed by atoms with Crippen molar-refractivity contribution in [2.45, 2.75) is 36.0 Å². The fourth-order valence-electron chi connectivity index (χ4n) is 3.84. The number of thiophene rings is 1. The number of fused-ring (bicyclic) bond motifs is 1. The second-order valence-corrected chi connectivity index (χ2v) is 10.2. The van der Waals surface area contributed by atoms with E-state index in [1.54, 1.807) is 17.5 Å². The SMILES string of the molecule is CCOc1ccc([C@H]2CC(=O)Nc3c(S(=O)(=O)c4ccc(OC)cc4)csc32)cc1OCC. The number of carbonyl (C=O) groups excluding carboxylic acids is 1. The first-order valence-corrected chi connectivity index (χ1v) is 12.9. The highest BCUT2D eigenvalue weighted by Crippen LogP contribution is 2.47. The Morgan fingerprint density at radius 3 is 2.39 bits per heavy atom. The predicted molar refractivity (Wildman–Crippen MR) is 127 cm³/mol. The predicted octanol–water partition coefficient (Wildman–Crippen LogP) is 4.86. The Balaban J connectivity index is 1.76. The van der Waals surface area contributed by atoms with E-state index >= 15 is 0 Å². The van der Waals surface area contributed by atoms with Crippen LogP contribution >= 0.6 is 11.3 Å². The van der Waals surface area contributed by atoms with Crippen LogP contribution in [0.5, 0.6) is 17.2 Å². The monoisotopic (exact) mass is 487 g/mol. The molecule has 0 radical (unpaired) electrons. The zero-order chi connectivity index (χ0) is 23.6. The molecule has 0 aliphatic carbocycles. The number of rotatable bonds is 8. The Morgan fingerprint density at radius 1 is 1.03 bits per heavy atom. The Morgan fingerprint density at radius 2 is 1.73 bits per heavy atom. The highest BCUT2D eigenvalue weighted by Gasteiger charge is 2.34. The van der Waals surface area contributed by atoms with Crippen LogP contribution in [0.1, 0.15) is 36.6 Å². The lowest BCUT2D eigenvalue weighted by atomic mass is 9.90. The quantitative estimate of drug-likeness (QED) is 0.488. The van der Waals surface area contributed by atoms with Crippen LogP contribution in [0, 0.1) is 0 Å². The summed E-state index contributed by atoms with van der Waals surface area (Å²) in [7, 11) is -2.31. The molecule has 2 heterocycles. The van der Waals surface area contributed by atoms with E-state index in [1.165, 1.54) is 30.6 Å². The molecule has 0 fully saturated rings. The molecule has 1 atom stereocenters. The first kappa shape index (κ1) is 23.1. The molecule has 1 amide bonds. The molecule has 1 N–H and O–H groups in total. The lowest BCUT2D eigenvalue weighted by Gasteiger charge is -2.24. The third-order valence-electron chi connectivity index (χ3n) is 5.39. The number of hydrogen-bond donors (Lipinski definition) is 1. The number of hydrogen-bond acceptors (Lipinski definition) is 7. The largest absolute Gasteiger partial charge is 0.497 e. The van der Waals surface area contributed by atoms with Crippen molar-refractivity contribution in [2.75, 3.05) is 25.6 Å². The van der Waals surface area contributed by atoms with E-state index in [2.05, 4.69) is 5.32 Å². The molecular formula is C24H25NO6S2. The van der Waals surface area contributed by atoms with Gasteiger partial charge >= 0.3 is 0 Å². The third kappa shape index (κ3) is 4.43. The van der Waals surface area contributed by atoms with Gasteiger partial charge in [-0.1, -0.05) is 6.07 Å². The first-order valence-electron chi connectivity index (χ1n) is 10.6. The number of methoxy groups -OCH3 is 1. The van der Waals surface area contributed by atoms with Crippen LogP contribution in [0.3, 0.4) is 0 Å². The molecule has 0 saturated heterocycles. The Bertz CT molecular complexity index is 1260. The topological polar surface area (TPSA) is 90.9 Å². The molecule has 9 heteroatoms. The summed E-state index contributed by atoms with van der Waals surface area (Å²) in [5.41, 5.74) is 1.22. The summed E-state index contributed by atoms with van der Waals surface area (Å²) in [4.78, 5) is 13.6. The molecule has 3 aromatic rings. The average molecular weight is 488 g/mol. The number of nitrogens with one attached hydrogen (secondary N) is 1. The van der Waals surface area contributed by atoms with Crippen molar-refractivity contribution in [3.8, 4) is 17.2 Å². The summed E-state index contributed by atoms with van der Waals surface area (Å²) >= 11 is 1.33. The summed E-state index contributed by atoms with van der Waals surface area (Å²) in [5, 5.41) is 4.39. The maximum atomic E-state index is 13.4. The Labute approximate surface area is 197 Å². The van der Waals surface area contributed by atoms with Crippen LogP contribution in [0.25, 0.3) is 0 Å². The van der Waals surface area contributed by atoms with Crippen molar-refractivity contribution in [3.63, 3.8) is 0 Å². The van der Waals surface area contributed by atoms with Gasteiger partial charge in [-0.2, -0.15) is 0 Å². The van der Waals surface area contributed by atoms with Gasteiger partial charge in [-0.25, -0.2) is 8.42 Å². The molecule has 2 aromatic carbocycles. The van der Waals surface area contributed by atoms with Crippen LogP contribution in [0.15, 0.2) is 57.6 Å². The summed E-state index contributed by atoms with van der Waals surface area (Å²) < 4.78 is 43.2. The molecule has 7 nitrogen and oxygen atoms in total. The lowest BCUT2D eigenvalue weighted by Crippen LogP contribution is -2.23. The molecule has 0 unspecified atom stereocenters. The van der Waals surface area contributed by atoms with E-state index in [9.17, 15) is 13.2 Å². The molecular weight excluding hydrogens is 462 g/mol. The fraction of sp³-hybridized carbons (Fsp3) is 0.292. The highest BCUT2D eigenvalue weighted by molar-refractivity contribution is 7.91. The van der Waals surface area contributed by atoms with E-state index in [4.69, 9.17) is 14.2 Å². The number of ether oxygens (including phenoxy) is 3. The zero-order valence-electron chi connectivity index (χ0n) is 18.6. The maximum absolute atomic E-state index is 13.4. The molecule has 4 rings (SSSR count). The van der Waals surface area contributed by atoms with E-state index in [-0.39, 0.29) is 28.0 Å². The summed E-state index contributed by atoms with van der Waals surface area (Å²) in [6.45, 7) is 4.78. The van der Waals surface area contributed by atoms with Gasteiger partial charge in [0.2, 0.25) is 15.7 Å². The van der Waals surface area contributed by atoms with Crippen molar-refractivity contribution in [2.24, 2.45) is 0 Å². The highest BCUT2D eigenvalue weighted by atomic mass is 32.2. The van der Waals surface area contributed by atoms with Crippen LogP contribution in [-0.2, 0) is 14.6 Å². The van der Waals surface area contributed by atoms with Gasteiger partial charge in [0.15, 0.2) is 11.5 Å². The van der Waals surface area contributed by atoms with E-state index in [0.29, 0.717) is 36.1 Å². The lowest BCUT2D eigenvalue weighted by molar-refractivity contribution is -0.116. The molecule has 1 aliphatic rings. The van der Waals surface area contributed by atoms with Crippen LogP contribution in [0.4, 0.5) is 5.69 Å². The number of carbonyl (C=O) groups is 1. The van der Waals surface area contributed by atoms with Crippen molar-refractivity contribution in [1.29, 1.82) is 0 Å². The first-order chi connectivity index (χ1) is 15.9. The number of amides is 1. The van der Waals surface area contributed by atoms with Crippen molar-refractivity contribution >= 4 is 32.8 Å². The van der Waals surface area contributed by atoms with Crippen molar-refractivity contribution in [1.82, 2.24) is 0 Å². The molecule has 0 bridgehead atoms. The third-order valence-corrected chi connectivity index (χ3v) is 8.42. The minimum Gasteiger partial charge on any atom is -0.497 e. The summed E-state index contributed by atoms with van der Waals surface area (Å²) in [5.74, 6) is 1.29. The normalized spacial score (nSPS) is 15.5. The molecule has 0 saturated carbocycles. The Kier molecular flexibility index (Phi) is 6.62. The van der Waals surface area contributed by atoms with Gasteiger partial charge in [0.25, 0.3) is 0 Å². The van der Waals surface area contributed by atoms with Gasteiger partial charge in [0.1, 0.15) is 10.6 Å². The van der Waals surface area contributed by atoms with E-state index in [1.807, 2.05) is 32.0 Å². The number of benzene rings is 2. The van der Waals surface area contributed by atoms with Gasteiger partial charge in [-0.3, -0.25) is 4.79 Å². The fourth-order valence-corrected chi connectivity index (χ4v) is 6.75. The zero-order valence-corrected chi connectivity index (χ0v) is 20.2. The van der Waals surface area contributed by atoms with E-state index in [0.717, 1.165) is 10.4 Å². The minimum atomic E-state index is -3.83. The maximum Gasteiger partial charge on any atom is 0.225 e. The molecule has 174 valence electrons. The second kappa shape index (κ2) is 9.44. The van der Waals surface area contributed by atoms with E-state index < -0.39 is 9.84 Å². The summed E-state index contributed by atoms with van der Waals surface area (Å²) in [6.07, 6.45) is 0.217. The van der Waals surface area contributed by atoms with Gasteiger partial charge < -0.3 is 19.5 Å². The molecule has 0 spiro atoms. The smallest absolute Gasteiger partial charge is 0.225 e. The van der Waals surface area contributed by atoms with Gasteiger partial charge in [-0.05, 0) is 55.8 Å². The van der Waals surface area contributed by atoms with Gasteiger partial charge in [-0.15, -0.1) is 11.3 Å². The van der Waals surface area contributed by atoms with Crippen molar-refractivity contribution < 1.29 is 27.4 Å². The van der Waals surface area contributed by atoms with Crippen molar-refractivity contribution in [3.05, 3.63) is 58.3 Å². The second-order valence-electron chi connectivity index (χ2n) is 7.40. The number of sulfone groups is 1. The van der Waals surface area contributed by atoms with Crippen LogP contribution < -0.4 is 19.5 Å². The average Bonchev–Trinajstić information content (AvgIpc) is 3.24. The standard InChI is InChI=1S/C24H25NO6S2/c1-4-30-19-11-6-15(12-20(19)31-5-2)18-13-22(26)25-23-21(14-32-24(18)23)33(27,28)17-9-7-16(29-3)8-10-17/h6-12,14,18H,4-5,13H2,1-3H3,(H,25,26)/t18-/m1/s1. The van der Waals surface area contributed by atoms with Crippen LogP contribution in [-0.4, -0.2) is 34.6 Å².